The highest BCUT2D eigenvalue weighted by Crippen LogP contribution is 2.10. The molecule has 1 unspecified atom stereocenters. The summed E-state index contributed by atoms with van der Waals surface area (Å²) in [6, 6.07) is 0.684. The number of unbranched alkanes of at least 4 members (excludes halogenated alkanes) is 1. The highest BCUT2D eigenvalue weighted by Gasteiger charge is 2.22. The third kappa shape index (κ3) is 4.49. The summed E-state index contributed by atoms with van der Waals surface area (Å²) in [6.45, 7) is 10.8. The van der Waals surface area contributed by atoms with Gasteiger partial charge >= 0.3 is 0 Å². The van der Waals surface area contributed by atoms with Crippen molar-refractivity contribution in [2.75, 3.05) is 39.3 Å². The van der Waals surface area contributed by atoms with Crippen LogP contribution in [0.1, 0.15) is 33.1 Å². The van der Waals surface area contributed by atoms with Crippen molar-refractivity contribution in [3.05, 3.63) is 0 Å². The van der Waals surface area contributed by atoms with E-state index in [0.717, 1.165) is 13.0 Å². The van der Waals surface area contributed by atoms with Gasteiger partial charge in [-0.3, -0.25) is 4.90 Å². The van der Waals surface area contributed by atoms with Crippen LogP contribution in [-0.2, 0) is 0 Å². The molecule has 90 valence electrons. The quantitative estimate of drug-likeness (QED) is 0.719. The zero-order valence-electron chi connectivity index (χ0n) is 10.3. The first-order chi connectivity index (χ1) is 7.27. The van der Waals surface area contributed by atoms with Crippen molar-refractivity contribution in [1.82, 2.24) is 9.80 Å². The first-order valence-electron chi connectivity index (χ1n) is 6.35. The van der Waals surface area contributed by atoms with Crippen molar-refractivity contribution >= 4 is 0 Å². The van der Waals surface area contributed by atoms with Gasteiger partial charge in [0.1, 0.15) is 0 Å². The molecule has 0 saturated carbocycles. The van der Waals surface area contributed by atoms with Crippen LogP contribution in [0, 0.1) is 0 Å². The first kappa shape index (κ1) is 12.9. The molecule has 0 aromatic rings. The molecule has 1 rings (SSSR count). The molecule has 0 bridgehead atoms. The maximum atomic E-state index is 8.79. The third-order valence-electron chi connectivity index (χ3n) is 3.28. The van der Waals surface area contributed by atoms with Crippen molar-refractivity contribution < 1.29 is 5.11 Å². The summed E-state index contributed by atoms with van der Waals surface area (Å²) >= 11 is 0. The molecule has 0 aromatic carbocycles. The first-order valence-corrected chi connectivity index (χ1v) is 6.35. The highest BCUT2D eigenvalue weighted by atomic mass is 16.3. The van der Waals surface area contributed by atoms with E-state index in [1.807, 2.05) is 0 Å². The van der Waals surface area contributed by atoms with Gasteiger partial charge < -0.3 is 10.0 Å². The fourth-order valence-electron chi connectivity index (χ4n) is 2.26. The minimum Gasteiger partial charge on any atom is -0.396 e. The normalized spacial score (nSPS) is 24.6. The smallest absolute Gasteiger partial charge is 0.0443 e. The molecule has 0 spiro atoms. The van der Waals surface area contributed by atoms with E-state index in [-0.39, 0.29) is 0 Å². The molecular weight excluding hydrogens is 188 g/mol. The monoisotopic (exact) mass is 214 g/mol. The predicted octanol–water partition coefficient (Wildman–Crippen LogP) is 1.18. The van der Waals surface area contributed by atoms with Crippen molar-refractivity contribution in [3.63, 3.8) is 0 Å². The topological polar surface area (TPSA) is 26.7 Å². The van der Waals surface area contributed by atoms with Gasteiger partial charge in [-0.25, -0.2) is 0 Å². The van der Waals surface area contributed by atoms with Gasteiger partial charge in [0.15, 0.2) is 0 Å². The van der Waals surface area contributed by atoms with E-state index in [1.54, 1.807) is 0 Å². The summed E-state index contributed by atoms with van der Waals surface area (Å²) in [5, 5.41) is 8.79. The van der Waals surface area contributed by atoms with E-state index in [1.165, 1.54) is 39.0 Å². The minimum atomic E-state index is 0.324. The third-order valence-corrected chi connectivity index (χ3v) is 3.28. The summed E-state index contributed by atoms with van der Waals surface area (Å²) in [6.07, 6.45) is 3.53. The molecule has 0 amide bonds. The minimum absolute atomic E-state index is 0.324. The Morgan fingerprint density at radius 1 is 1.20 bits per heavy atom. The number of piperazine rings is 1. The van der Waals surface area contributed by atoms with Crippen LogP contribution in [0.25, 0.3) is 0 Å². The Morgan fingerprint density at radius 3 is 2.60 bits per heavy atom. The van der Waals surface area contributed by atoms with Gasteiger partial charge in [-0.1, -0.05) is 13.3 Å². The van der Waals surface area contributed by atoms with Crippen LogP contribution in [0.4, 0.5) is 0 Å². The van der Waals surface area contributed by atoms with E-state index >= 15 is 0 Å². The Labute approximate surface area is 94.1 Å². The lowest BCUT2D eigenvalue weighted by molar-refractivity contribution is 0.0781. The number of rotatable bonds is 6. The lowest BCUT2D eigenvalue weighted by Crippen LogP contribution is -2.52. The molecule has 1 aliphatic rings. The zero-order chi connectivity index (χ0) is 11.1. The standard InChI is InChI=1S/C12H26N2O/c1-3-4-7-14-9-8-13(6-5-10-15)11-12(14)2/h12,15H,3-11H2,1-2H3. The van der Waals surface area contributed by atoms with Gasteiger partial charge in [-0.05, 0) is 26.3 Å². The van der Waals surface area contributed by atoms with E-state index in [9.17, 15) is 0 Å². The van der Waals surface area contributed by atoms with Gasteiger partial charge in [0.05, 0.1) is 0 Å². The maximum Gasteiger partial charge on any atom is 0.0443 e. The predicted molar refractivity (Wildman–Crippen MR) is 64.1 cm³/mol. The molecule has 1 saturated heterocycles. The van der Waals surface area contributed by atoms with E-state index in [4.69, 9.17) is 5.11 Å². The van der Waals surface area contributed by atoms with Crippen molar-refractivity contribution in [3.8, 4) is 0 Å². The van der Waals surface area contributed by atoms with Crippen LogP contribution < -0.4 is 0 Å². The second-order valence-electron chi connectivity index (χ2n) is 4.62. The number of hydrogen-bond donors (Lipinski definition) is 1. The van der Waals surface area contributed by atoms with Crippen molar-refractivity contribution in [1.29, 1.82) is 0 Å². The molecule has 0 aromatic heterocycles. The van der Waals surface area contributed by atoms with Gasteiger partial charge in [0, 0.05) is 38.8 Å². The largest absolute Gasteiger partial charge is 0.396 e. The molecule has 3 heteroatoms. The Bertz CT molecular complexity index is 164. The zero-order valence-corrected chi connectivity index (χ0v) is 10.3. The van der Waals surface area contributed by atoms with E-state index < -0.39 is 0 Å². The van der Waals surface area contributed by atoms with E-state index in [0.29, 0.717) is 12.6 Å². The Balaban J connectivity index is 2.21. The van der Waals surface area contributed by atoms with Crippen LogP contribution in [0.2, 0.25) is 0 Å². The SMILES string of the molecule is CCCCN1CCN(CCCO)CC1C. The maximum absolute atomic E-state index is 8.79. The Morgan fingerprint density at radius 2 is 2.00 bits per heavy atom. The van der Waals surface area contributed by atoms with Crippen LogP contribution in [0.5, 0.6) is 0 Å². The molecule has 3 nitrogen and oxygen atoms in total. The second-order valence-corrected chi connectivity index (χ2v) is 4.62. The van der Waals surface area contributed by atoms with Crippen molar-refractivity contribution in [2.45, 2.75) is 39.2 Å². The molecule has 1 N–H and O–H groups in total. The molecule has 1 fully saturated rings. The molecule has 1 aliphatic heterocycles. The second kappa shape index (κ2) is 7.20. The molecular formula is C12H26N2O. The molecule has 15 heavy (non-hydrogen) atoms. The summed E-state index contributed by atoms with van der Waals surface area (Å²) in [5.41, 5.74) is 0. The lowest BCUT2D eigenvalue weighted by atomic mass is 10.1. The summed E-state index contributed by atoms with van der Waals surface area (Å²) in [4.78, 5) is 5.07. The molecule has 1 heterocycles. The summed E-state index contributed by atoms with van der Waals surface area (Å²) in [5.74, 6) is 0. The Kier molecular flexibility index (Phi) is 6.22. The van der Waals surface area contributed by atoms with Crippen LogP contribution in [0.3, 0.4) is 0 Å². The highest BCUT2D eigenvalue weighted by molar-refractivity contribution is 4.78. The number of aliphatic hydroxyl groups excluding tert-OH is 1. The van der Waals surface area contributed by atoms with Crippen LogP contribution in [-0.4, -0.2) is 60.3 Å². The van der Waals surface area contributed by atoms with Crippen LogP contribution in [0.15, 0.2) is 0 Å². The average molecular weight is 214 g/mol. The van der Waals surface area contributed by atoms with Gasteiger partial charge in [0.2, 0.25) is 0 Å². The van der Waals surface area contributed by atoms with E-state index in [2.05, 4.69) is 23.6 Å². The van der Waals surface area contributed by atoms with Crippen LogP contribution >= 0.6 is 0 Å². The van der Waals surface area contributed by atoms with Gasteiger partial charge in [-0.2, -0.15) is 0 Å². The fraction of sp³-hybridized carbons (Fsp3) is 1.00. The van der Waals surface area contributed by atoms with Gasteiger partial charge in [-0.15, -0.1) is 0 Å². The molecule has 0 aliphatic carbocycles. The van der Waals surface area contributed by atoms with Crippen molar-refractivity contribution in [2.24, 2.45) is 0 Å². The summed E-state index contributed by atoms with van der Waals surface area (Å²) in [7, 11) is 0. The average Bonchev–Trinajstić information content (AvgIpc) is 2.25. The fourth-order valence-corrected chi connectivity index (χ4v) is 2.26. The number of hydrogen-bond acceptors (Lipinski definition) is 3. The number of aliphatic hydroxyl groups is 1. The number of nitrogens with zero attached hydrogens (tertiary/aromatic N) is 2. The Hall–Kier alpha value is -0.120. The lowest BCUT2D eigenvalue weighted by Gasteiger charge is -2.39. The molecule has 0 radical (unpaired) electrons. The molecule has 1 atom stereocenters. The van der Waals surface area contributed by atoms with Gasteiger partial charge in [0.25, 0.3) is 0 Å². The summed E-state index contributed by atoms with van der Waals surface area (Å²) < 4.78 is 0.